The molecule has 0 atom stereocenters. The van der Waals surface area contributed by atoms with Crippen LogP contribution < -0.4 is 17.0 Å². The summed E-state index contributed by atoms with van der Waals surface area (Å²) in [7, 11) is 0. The fourth-order valence-corrected chi connectivity index (χ4v) is 3.31. The van der Waals surface area contributed by atoms with Crippen LogP contribution in [0.4, 0.5) is 20.5 Å². The minimum absolute atomic E-state index is 0.0801. The highest BCUT2D eigenvalue weighted by molar-refractivity contribution is 6.35. The zero-order valence-corrected chi connectivity index (χ0v) is 17.6. The number of nitrogens with two attached hydrogens (primary N) is 2. The van der Waals surface area contributed by atoms with E-state index < -0.39 is 17.2 Å². The van der Waals surface area contributed by atoms with Gasteiger partial charge in [0.05, 0.1) is 22.3 Å². The first kappa shape index (κ1) is 22.7. The molecule has 4 N–H and O–H groups in total. The van der Waals surface area contributed by atoms with Crippen molar-refractivity contribution in [2.75, 3.05) is 11.5 Å². The third kappa shape index (κ3) is 4.50. The van der Waals surface area contributed by atoms with Gasteiger partial charge < -0.3 is 11.5 Å². The third-order valence-electron chi connectivity index (χ3n) is 4.54. The van der Waals surface area contributed by atoms with E-state index in [1.54, 1.807) is 24.3 Å². The molecule has 0 saturated heterocycles. The van der Waals surface area contributed by atoms with Crippen molar-refractivity contribution in [1.29, 1.82) is 5.26 Å². The van der Waals surface area contributed by atoms with E-state index >= 15 is 0 Å². The molecular formula is C22H17ClF2N6O. The Morgan fingerprint density at radius 2 is 1.94 bits per heavy atom. The molecule has 0 aliphatic carbocycles. The predicted molar refractivity (Wildman–Crippen MR) is 119 cm³/mol. The lowest BCUT2D eigenvalue weighted by atomic mass is 10.1. The first-order valence-corrected chi connectivity index (χ1v) is 9.71. The molecule has 10 heteroatoms. The van der Waals surface area contributed by atoms with Crippen LogP contribution in [-0.2, 0) is 6.42 Å². The molecule has 7 nitrogen and oxygen atoms in total. The number of hydrogen-bond acceptors (Lipinski definition) is 6. The summed E-state index contributed by atoms with van der Waals surface area (Å²) < 4.78 is 28.8. The summed E-state index contributed by atoms with van der Waals surface area (Å²) in [5.41, 5.74) is 10.7. The van der Waals surface area contributed by atoms with Gasteiger partial charge >= 0.3 is 0 Å². The number of aromatic nitrogens is 3. The SMILES string of the molecule is CCc1cc2cccc(Cl)c2c(=O)n1-c1cc(F)ccc1F.N#Cc1cnc(N)nc1N. The molecule has 0 saturated carbocycles. The Bertz CT molecular complexity index is 1410. The maximum absolute atomic E-state index is 14.1. The minimum atomic E-state index is -0.662. The maximum atomic E-state index is 14.1. The summed E-state index contributed by atoms with van der Waals surface area (Å²) in [4.78, 5) is 19.9. The van der Waals surface area contributed by atoms with E-state index in [0.29, 0.717) is 22.9 Å². The molecule has 32 heavy (non-hydrogen) atoms. The largest absolute Gasteiger partial charge is 0.382 e. The Morgan fingerprint density at radius 3 is 2.59 bits per heavy atom. The zero-order valence-electron chi connectivity index (χ0n) is 16.8. The molecule has 162 valence electrons. The predicted octanol–water partition coefficient (Wildman–Crippen LogP) is 4.00. The van der Waals surface area contributed by atoms with Gasteiger partial charge in [0, 0.05) is 11.8 Å². The van der Waals surface area contributed by atoms with Crippen LogP contribution in [0.5, 0.6) is 0 Å². The maximum Gasteiger partial charge on any atom is 0.264 e. The van der Waals surface area contributed by atoms with Gasteiger partial charge in [0.15, 0.2) is 0 Å². The van der Waals surface area contributed by atoms with Crippen LogP contribution in [0.15, 0.2) is 53.5 Å². The van der Waals surface area contributed by atoms with Gasteiger partial charge in [-0.15, -0.1) is 0 Å². The second-order valence-corrected chi connectivity index (χ2v) is 6.98. The molecule has 0 bridgehead atoms. The quantitative estimate of drug-likeness (QED) is 0.472. The van der Waals surface area contributed by atoms with Gasteiger partial charge in [-0.3, -0.25) is 9.36 Å². The van der Waals surface area contributed by atoms with Crippen molar-refractivity contribution < 1.29 is 8.78 Å². The van der Waals surface area contributed by atoms with Crippen molar-refractivity contribution in [2.45, 2.75) is 13.3 Å². The molecule has 0 fully saturated rings. The van der Waals surface area contributed by atoms with Gasteiger partial charge in [0.1, 0.15) is 29.1 Å². The van der Waals surface area contributed by atoms with Crippen molar-refractivity contribution in [1.82, 2.24) is 14.5 Å². The smallest absolute Gasteiger partial charge is 0.264 e. The summed E-state index contributed by atoms with van der Waals surface area (Å²) in [5, 5.41) is 9.63. The number of benzene rings is 2. The van der Waals surface area contributed by atoms with Crippen molar-refractivity contribution in [3.63, 3.8) is 0 Å². The Morgan fingerprint density at radius 1 is 1.19 bits per heavy atom. The average Bonchev–Trinajstić information content (AvgIpc) is 2.76. The van der Waals surface area contributed by atoms with Crippen molar-refractivity contribution in [3.05, 3.63) is 86.9 Å². The number of rotatable bonds is 2. The van der Waals surface area contributed by atoms with E-state index in [0.717, 1.165) is 18.2 Å². The van der Waals surface area contributed by atoms with E-state index in [-0.39, 0.29) is 28.0 Å². The molecule has 2 aromatic heterocycles. The molecule has 4 aromatic rings. The van der Waals surface area contributed by atoms with E-state index in [1.807, 2.05) is 13.0 Å². The minimum Gasteiger partial charge on any atom is -0.382 e. The van der Waals surface area contributed by atoms with Gasteiger partial charge in [-0.05, 0) is 36.1 Å². The first-order valence-electron chi connectivity index (χ1n) is 9.33. The zero-order chi connectivity index (χ0) is 23.4. The van der Waals surface area contributed by atoms with Crippen molar-refractivity contribution >= 4 is 34.1 Å². The summed E-state index contributed by atoms with van der Waals surface area (Å²) in [5.74, 6) is -1.07. The summed E-state index contributed by atoms with van der Waals surface area (Å²) in [6.45, 7) is 1.85. The number of aryl methyl sites for hydroxylation is 1. The van der Waals surface area contributed by atoms with Crippen LogP contribution in [0.3, 0.4) is 0 Å². The van der Waals surface area contributed by atoms with Gasteiger partial charge in [-0.1, -0.05) is 30.7 Å². The molecule has 0 spiro atoms. The average molecular weight is 455 g/mol. The normalized spacial score (nSPS) is 10.3. The lowest BCUT2D eigenvalue weighted by molar-refractivity contribution is 0.589. The Kier molecular flexibility index (Phi) is 6.66. The number of pyridine rings is 1. The number of anilines is 2. The van der Waals surface area contributed by atoms with E-state index in [9.17, 15) is 13.6 Å². The molecule has 0 aliphatic rings. The lowest BCUT2D eigenvalue weighted by Crippen LogP contribution is -2.23. The fraction of sp³-hybridized carbons (Fsp3) is 0.0909. The van der Waals surface area contributed by atoms with Gasteiger partial charge in [0.25, 0.3) is 5.56 Å². The second kappa shape index (κ2) is 9.41. The third-order valence-corrected chi connectivity index (χ3v) is 4.86. The highest BCUT2D eigenvalue weighted by atomic mass is 35.5. The number of fused-ring (bicyclic) bond motifs is 1. The fourth-order valence-electron chi connectivity index (χ4n) is 3.05. The van der Waals surface area contributed by atoms with Crippen LogP contribution >= 0.6 is 11.6 Å². The number of nitrogen functional groups attached to an aromatic ring is 2. The monoisotopic (exact) mass is 454 g/mol. The van der Waals surface area contributed by atoms with Gasteiger partial charge in [-0.2, -0.15) is 10.2 Å². The Hall–Kier alpha value is -4.03. The van der Waals surface area contributed by atoms with E-state index in [4.69, 9.17) is 28.3 Å². The van der Waals surface area contributed by atoms with Crippen LogP contribution in [0, 0.1) is 23.0 Å². The highest BCUT2D eigenvalue weighted by Crippen LogP contribution is 2.24. The molecule has 0 aliphatic heterocycles. The molecule has 2 aromatic carbocycles. The standard InChI is InChI=1S/C17H12ClF2NO.C5H5N5/c1-2-12-8-10-4-3-5-13(18)16(10)17(22)21(12)15-9-11(19)6-7-14(15)20;6-1-3-2-9-5(8)10-4(3)7/h3-9H,2H2,1H3;2H,(H4,7,8,9,10). The van der Waals surface area contributed by atoms with Crippen LogP contribution in [0.1, 0.15) is 18.2 Å². The van der Waals surface area contributed by atoms with Gasteiger partial charge in [0.2, 0.25) is 5.95 Å². The molecule has 4 rings (SSSR count). The number of nitriles is 1. The molecule has 0 amide bonds. The molecular weight excluding hydrogens is 438 g/mol. The molecule has 0 radical (unpaired) electrons. The summed E-state index contributed by atoms with van der Waals surface area (Å²) in [6, 6.07) is 11.7. The summed E-state index contributed by atoms with van der Waals surface area (Å²) >= 11 is 6.11. The summed E-state index contributed by atoms with van der Waals surface area (Å²) in [6.07, 6.45) is 1.78. The van der Waals surface area contributed by atoms with Crippen LogP contribution in [0.25, 0.3) is 16.5 Å². The molecule has 0 unspecified atom stereocenters. The lowest BCUT2D eigenvalue weighted by Gasteiger charge is -2.14. The van der Waals surface area contributed by atoms with E-state index in [1.165, 1.54) is 10.8 Å². The highest BCUT2D eigenvalue weighted by Gasteiger charge is 2.15. The van der Waals surface area contributed by atoms with E-state index in [2.05, 4.69) is 9.97 Å². The molecule has 2 heterocycles. The van der Waals surface area contributed by atoms with Gasteiger partial charge in [-0.25, -0.2) is 13.8 Å². The Balaban J connectivity index is 0.000000243. The van der Waals surface area contributed by atoms with Crippen molar-refractivity contribution in [2.24, 2.45) is 0 Å². The first-order chi connectivity index (χ1) is 15.3. The topological polar surface area (TPSA) is 124 Å². The Labute approximate surface area is 186 Å². The second-order valence-electron chi connectivity index (χ2n) is 6.57. The number of nitrogens with zero attached hydrogens (tertiary/aromatic N) is 4. The van der Waals surface area contributed by atoms with Crippen molar-refractivity contribution in [3.8, 4) is 11.8 Å². The number of halogens is 3. The van der Waals surface area contributed by atoms with Crippen LogP contribution in [0.2, 0.25) is 5.02 Å². The number of hydrogen-bond donors (Lipinski definition) is 2. The van der Waals surface area contributed by atoms with Crippen LogP contribution in [-0.4, -0.2) is 14.5 Å².